The fourth-order valence-corrected chi connectivity index (χ4v) is 4.43. The van der Waals surface area contributed by atoms with Crippen molar-refractivity contribution < 1.29 is 0 Å². The first kappa shape index (κ1) is 22.2. The third kappa shape index (κ3) is 4.65. The lowest BCUT2D eigenvalue weighted by molar-refractivity contribution is 0.536. The van der Waals surface area contributed by atoms with Gasteiger partial charge < -0.3 is 5.73 Å². The van der Waals surface area contributed by atoms with Crippen molar-refractivity contribution in [3.05, 3.63) is 59.9 Å². The highest BCUT2D eigenvalue weighted by Gasteiger charge is 2.27. The van der Waals surface area contributed by atoms with Gasteiger partial charge in [-0.3, -0.25) is 15.1 Å². The van der Waals surface area contributed by atoms with Gasteiger partial charge in [-0.1, -0.05) is 38.5 Å². The van der Waals surface area contributed by atoms with Crippen LogP contribution < -0.4 is 10.9 Å². The number of nitrogens with two attached hydrogens (primary N) is 2. The largest absolute Gasteiger partial charge is 0.405 e. The first-order chi connectivity index (χ1) is 13.6. The summed E-state index contributed by atoms with van der Waals surface area (Å²) in [5, 5.41) is 5.53. The van der Waals surface area contributed by atoms with Crippen LogP contribution in [0.2, 0.25) is 0 Å². The molecule has 0 spiro atoms. The van der Waals surface area contributed by atoms with Crippen molar-refractivity contribution in [2.45, 2.75) is 46.0 Å². The lowest BCUT2D eigenvalue weighted by Gasteiger charge is -2.20. The van der Waals surface area contributed by atoms with E-state index >= 15 is 0 Å². The summed E-state index contributed by atoms with van der Waals surface area (Å²) in [6.07, 6.45) is 7.16. The van der Waals surface area contributed by atoms with Crippen LogP contribution in [0.25, 0.3) is 16.5 Å². The van der Waals surface area contributed by atoms with Crippen molar-refractivity contribution in [3.63, 3.8) is 0 Å². The predicted molar refractivity (Wildman–Crippen MR) is 126 cm³/mol. The Morgan fingerprint density at radius 2 is 1.93 bits per heavy atom. The molecule has 1 fully saturated rings. The molecule has 2 heterocycles. The SMILES string of the molecule is C=CN.CC1=NCC(C)=C1c1cc(C2CCCC2C)c2cccnc2c1.NS. The third-order valence-electron chi connectivity index (χ3n) is 5.64. The maximum atomic E-state index is 4.66. The first-order valence-electron chi connectivity index (χ1n) is 9.75. The van der Waals surface area contributed by atoms with E-state index in [0.29, 0.717) is 5.92 Å². The number of thiol groups is 1. The van der Waals surface area contributed by atoms with Gasteiger partial charge in [0.15, 0.2) is 0 Å². The third-order valence-corrected chi connectivity index (χ3v) is 5.64. The molecule has 2 aromatic rings. The Kier molecular flexibility index (Phi) is 8.27. The molecule has 28 heavy (non-hydrogen) atoms. The van der Waals surface area contributed by atoms with E-state index in [1.165, 1.54) is 58.8 Å². The summed E-state index contributed by atoms with van der Waals surface area (Å²) >= 11 is 3.03. The Morgan fingerprint density at radius 3 is 2.50 bits per heavy atom. The monoisotopic (exact) mass is 396 g/mol. The van der Waals surface area contributed by atoms with Gasteiger partial charge in [-0.25, -0.2) is 0 Å². The molecule has 4 rings (SSSR count). The number of rotatable bonds is 2. The molecule has 0 saturated heterocycles. The number of benzene rings is 1. The highest BCUT2D eigenvalue weighted by atomic mass is 32.1. The fourth-order valence-electron chi connectivity index (χ4n) is 4.43. The van der Waals surface area contributed by atoms with Gasteiger partial charge in [-0.05, 0) is 67.1 Å². The van der Waals surface area contributed by atoms with E-state index in [1.807, 2.05) is 6.20 Å². The lowest BCUT2D eigenvalue weighted by Crippen LogP contribution is -2.05. The molecule has 5 heteroatoms. The van der Waals surface area contributed by atoms with Gasteiger partial charge >= 0.3 is 0 Å². The number of hydrogen-bond acceptors (Lipinski definition) is 5. The van der Waals surface area contributed by atoms with Crippen molar-refractivity contribution in [3.8, 4) is 0 Å². The number of allylic oxidation sites excluding steroid dienone is 1. The van der Waals surface area contributed by atoms with Gasteiger partial charge in [0, 0.05) is 22.9 Å². The van der Waals surface area contributed by atoms with Gasteiger partial charge in [-0.15, -0.1) is 12.8 Å². The van der Waals surface area contributed by atoms with Crippen LogP contribution in [0, 0.1) is 5.92 Å². The minimum absolute atomic E-state index is 0.668. The molecule has 0 amide bonds. The standard InChI is InChI=1S/C21H24N2.C2H5N.H3NS/c1-13-6-4-7-17(13)19-10-16(21-14(2)12-23-15(21)3)11-20-18(19)8-5-9-22-20;1-2-3;1-2/h5,8-11,13,17H,4,6-7,12H2,1-3H3;2H,1,3H2;2H,1H2. The summed E-state index contributed by atoms with van der Waals surface area (Å²) in [7, 11) is 0. The van der Waals surface area contributed by atoms with Crippen molar-refractivity contribution in [1.82, 2.24) is 4.98 Å². The summed E-state index contributed by atoms with van der Waals surface area (Å²) in [6.45, 7) is 10.7. The van der Waals surface area contributed by atoms with Crippen LogP contribution in [0.3, 0.4) is 0 Å². The number of aromatic nitrogens is 1. The lowest BCUT2D eigenvalue weighted by atomic mass is 9.85. The molecular formula is C23H32N4S. The second-order valence-electron chi connectivity index (χ2n) is 7.44. The van der Waals surface area contributed by atoms with Crippen LogP contribution in [0.1, 0.15) is 57.1 Å². The molecule has 1 aliphatic carbocycles. The molecular weight excluding hydrogens is 364 g/mol. The second kappa shape index (κ2) is 10.4. The van der Waals surface area contributed by atoms with Gasteiger partial charge in [0.2, 0.25) is 0 Å². The average molecular weight is 397 g/mol. The minimum atomic E-state index is 0.668. The number of aliphatic imine (C=N–C) groups is 1. The zero-order valence-corrected chi connectivity index (χ0v) is 18.0. The molecule has 2 aliphatic rings. The second-order valence-corrected chi connectivity index (χ2v) is 7.44. The predicted octanol–water partition coefficient (Wildman–Crippen LogP) is 5.26. The van der Waals surface area contributed by atoms with Crippen LogP contribution in [-0.2, 0) is 0 Å². The molecule has 1 aliphatic heterocycles. The van der Waals surface area contributed by atoms with E-state index in [4.69, 9.17) is 0 Å². The summed E-state index contributed by atoms with van der Waals surface area (Å²) in [6, 6.07) is 8.99. The molecule has 4 N–H and O–H groups in total. The van der Waals surface area contributed by atoms with E-state index in [9.17, 15) is 0 Å². The molecule has 0 radical (unpaired) electrons. The Balaban J connectivity index is 0.000000514. The van der Waals surface area contributed by atoms with Crippen LogP contribution in [-0.4, -0.2) is 17.2 Å². The van der Waals surface area contributed by atoms with Crippen LogP contribution in [0.15, 0.2) is 53.8 Å². The smallest absolute Gasteiger partial charge is 0.0711 e. The first-order valence-corrected chi connectivity index (χ1v) is 10.3. The maximum Gasteiger partial charge on any atom is 0.0711 e. The quantitative estimate of drug-likeness (QED) is 0.606. The van der Waals surface area contributed by atoms with Crippen molar-refractivity contribution >= 4 is 35.0 Å². The fraction of sp³-hybridized carbons (Fsp3) is 0.391. The molecule has 2 atom stereocenters. The average Bonchev–Trinajstić information content (AvgIpc) is 3.28. The number of fused-ring (bicyclic) bond motifs is 1. The van der Waals surface area contributed by atoms with Crippen molar-refractivity contribution in [1.29, 1.82) is 0 Å². The highest BCUT2D eigenvalue weighted by Crippen LogP contribution is 2.43. The van der Waals surface area contributed by atoms with E-state index in [-0.39, 0.29) is 0 Å². The highest BCUT2D eigenvalue weighted by molar-refractivity contribution is 7.77. The molecule has 0 bridgehead atoms. The van der Waals surface area contributed by atoms with Crippen LogP contribution in [0.5, 0.6) is 0 Å². The van der Waals surface area contributed by atoms with Gasteiger partial charge in [-0.2, -0.15) is 0 Å². The molecule has 1 aromatic heterocycles. The van der Waals surface area contributed by atoms with Gasteiger partial charge in [0.05, 0.1) is 12.1 Å². The maximum absolute atomic E-state index is 4.66. The van der Waals surface area contributed by atoms with E-state index in [2.05, 4.69) is 85.3 Å². The topological polar surface area (TPSA) is 77.3 Å². The molecule has 2 unspecified atom stereocenters. The van der Waals surface area contributed by atoms with Gasteiger partial charge in [0.1, 0.15) is 0 Å². The minimum Gasteiger partial charge on any atom is -0.405 e. The van der Waals surface area contributed by atoms with Crippen molar-refractivity contribution in [2.75, 3.05) is 6.54 Å². The Bertz CT molecular complexity index is 885. The zero-order chi connectivity index (χ0) is 20.7. The van der Waals surface area contributed by atoms with E-state index in [1.54, 1.807) is 0 Å². The van der Waals surface area contributed by atoms with Crippen molar-refractivity contribution in [2.24, 2.45) is 21.8 Å². The Labute approximate surface area is 174 Å². The number of hydrogen-bond donors (Lipinski definition) is 3. The summed E-state index contributed by atoms with van der Waals surface area (Å²) in [5.41, 5.74) is 12.4. The molecule has 1 saturated carbocycles. The van der Waals surface area contributed by atoms with E-state index < -0.39 is 0 Å². The van der Waals surface area contributed by atoms with Crippen LogP contribution in [0.4, 0.5) is 0 Å². The summed E-state index contributed by atoms with van der Waals surface area (Å²) in [5.74, 6) is 1.43. The van der Waals surface area contributed by atoms with Crippen LogP contribution >= 0.6 is 12.8 Å². The molecule has 1 aromatic carbocycles. The number of pyridine rings is 1. The Hall–Kier alpha value is -2.11. The van der Waals surface area contributed by atoms with E-state index in [0.717, 1.165) is 18.0 Å². The van der Waals surface area contributed by atoms with Gasteiger partial charge in [0.25, 0.3) is 0 Å². The summed E-state index contributed by atoms with van der Waals surface area (Å²) < 4.78 is 0. The normalized spacial score (nSPS) is 20.8. The molecule has 4 nitrogen and oxygen atoms in total. The zero-order valence-electron chi connectivity index (χ0n) is 17.2. The number of nitrogens with zero attached hydrogens (tertiary/aromatic N) is 2. The molecule has 150 valence electrons. The Morgan fingerprint density at radius 1 is 1.21 bits per heavy atom. The summed E-state index contributed by atoms with van der Waals surface area (Å²) in [4.78, 5) is 9.28.